The van der Waals surface area contributed by atoms with Gasteiger partial charge in [-0.1, -0.05) is 30.4 Å². The molecule has 4 atom stereocenters. The van der Waals surface area contributed by atoms with Crippen LogP contribution >= 0.6 is 0 Å². The van der Waals surface area contributed by atoms with Crippen LogP contribution in [0.15, 0.2) is 42.6 Å². The van der Waals surface area contributed by atoms with Crippen LogP contribution in [0.2, 0.25) is 0 Å². The van der Waals surface area contributed by atoms with E-state index in [4.69, 9.17) is 4.74 Å². The highest BCUT2D eigenvalue weighted by Gasteiger charge is 2.66. The zero-order valence-corrected chi connectivity index (χ0v) is 13.5. The highest BCUT2D eigenvalue weighted by Crippen LogP contribution is 2.51. The van der Waals surface area contributed by atoms with Gasteiger partial charge in [-0.05, 0) is 18.1 Å². The molecule has 2 aromatic rings. The molecule has 1 spiro atoms. The predicted molar refractivity (Wildman–Crippen MR) is 89.9 cm³/mol. The third kappa shape index (κ3) is 1.94. The number of nitrogens with one attached hydrogen (secondary N) is 1. The molecule has 2 bridgehead atoms. The quantitative estimate of drug-likeness (QED) is 0.829. The van der Waals surface area contributed by atoms with Crippen molar-refractivity contribution in [3.8, 4) is 0 Å². The van der Waals surface area contributed by atoms with Crippen molar-refractivity contribution in [1.82, 2.24) is 9.88 Å². The molecule has 3 aliphatic heterocycles. The zero-order valence-electron chi connectivity index (χ0n) is 13.5. The smallest absolute Gasteiger partial charge is 0.310 e. The fourth-order valence-corrected chi connectivity index (χ4v) is 4.64. The molecule has 2 saturated heterocycles. The number of nitrogens with zero attached hydrogens (tertiary/aromatic N) is 1. The first-order valence-electron chi connectivity index (χ1n) is 8.53. The van der Waals surface area contributed by atoms with Crippen LogP contribution in [-0.4, -0.2) is 51.7 Å². The Balaban J connectivity index is 1.37. The first-order chi connectivity index (χ1) is 12.1. The van der Waals surface area contributed by atoms with E-state index in [2.05, 4.69) is 11.1 Å². The van der Waals surface area contributed by atoms with Crippen LogP contribution in [-0.2, 0) is 20.7 Å². The Morgan fingerprint density at radius 1 is 1.40 bits per heavy atom. The van der Waals surface area contributed by atoms with E-state index in [9.17, 15) is 14.7 Å². The number of aromatic amines is 1. The van der Waals surface area contributed by atoms with Gasteiger partial charge in [0, 0.05) is 23.6 Å². The number of para-hydroxylation sites is 1. The maximum atomic E-state index is 12.9. The molecule has 1 aromatic heterocycles. The minimum absolute atomic E-state index is 0.0981. The number of carboxylic acids is 1. The molecule has 0 radical (unpaired) electrons. The number of benzene rings is 1. The largest absolute Gasteiger partial charge is 0.481 e. The molecule has 5 rings (SSSR count). The van der Waals surface area contributed by atoms with Gasteiger partial charge in [-0.25, -0.2) is 0 Å². The number of aliphatic carboxylic acids is 1. The zero-order chi connectivity index (χ0) is 17.2. The van der Waals surface area contributed by atoms with Crippen molar-refractivity contribution < 1.29 is 19.4 Å². The van der Waals surface area contributed by atoms with Crippen molar-refractivity contribution in [2.24, 2.45) is 11.8 Å². The lowest BCUT2D eigenvalue weighted by Crippen LogP contribution is -2.39. The summed E-state index contributed by atoms with van der Waals surface area (Å²) in [4.78, 5) is 29.4. The lowest BCUT2D eigenvalue weighted by atomic mass is 9.77. The summed E-state index contributed by atoms with van der Waals surface area (Å²) >= 11 is 0. The van der Waals surface area contributed by atoms with Crippen molar-refractivity contribution in [2.45, 2.75) is 18.1 Å². The molecule has 6 nitrogen and oxygen atoms in total. The summed E-state index contributed by atoms with van der Waals surface area (Å²) in [7, 11) is 0. The molecule has 1 amide bonds. The summed E-state index contributed by atoms with van der Waals surface area (Å²) < 4.78 is 5.91. The number of carbonyl (C=O) groups excluding carboxylic acids is 1. The molecular formula is C19H18N2O4. The number of hydrogen-bond donors (Lipinski definition) is 2. The molecule has 6 heteroatoms. The van der Waals surface area contributed by atoms with Crippen LogP contribution in [0, 0.1) is 11.8 Å². The fraction of sp³-hybridized carbons (Fsp3) is 0.368. The van der Waals surface area contributed by atoms with Gasteiger partial charge in [-0.15, -0.1) is 0 Å². The predicted octanol–water partition coefficient (Wildman–Crippen LogP) is 1.58. The van der Waals surface area contributed by atoms with E-state index in [0.717, 1.165) is 22.9 Å². The number of ether oxygens (including phenoxy) is 1. The molecular weight excluding hydrogens is 320 g/mol. The number of amides is 1. The molecule has 1 aromatic carbocycles. The average Bonchev–Trinajstić information content (AvgIpc) is 3.33. The fourth-order valence-electron chi connectivity index (χ4n) is 4.64. The Kier molecular flexibility index (Phi) is 2.92. The van der Waals surface area contributed by atoms with Crippen LogP contribution in [0.3, 0.4) is 0 Å². The van der Waals surface area contributed by atoms with Crippen LogP contribution < -0.4 is 0 Å². The molecule has 128 valence electrons. The summed E-state index contributed by atoms with van der Waals surface area (Å²) in [5.41, 5.74) is 1.50. The molecule has 0 aliphatic carbocycles. The van der Waals surface area contributed by atoms with Gasteiger partial charge >= 0.3 is 5.97 Å². The lowest BCUT2D eigenvalue weighted by molar-refractivity contribution is -0.148. The number of carbonyl (C=O) groups is 2. The number of rotatable bonds is 4. The monoisotopic (exact) mass is 338 g/mol. The Bertz CT molecular complexity index is 917. The van der Waals surface area contributed by atoms with E-state index in [1.807, 2.05) is 30.5 Å². The SMILES string of the molecule is O=C(O)C1C2C(=O)N(CCc3c[nH]c4ccccc34)C[C@]23C=C[C@H]1O3. The lowest BCUT2D eigenvalue weighted by Gasteiger charge is -2.21. The van der Waals surface area contributed by atoms with Crippen LogP contribution in [0.5, 0.6) is 0 Å². The summed E-state index contributed by atoms with van der Waals surface area (Å²) in [6.45, 7) is 1.00. The molecule has 2 fully saturated rings. The molecule has 0 saturated carbocycles. The van der Waals surface area contributed by atoms with Gasteiger partial charge in [0.1, 0.15) is 11.5 Å². The van der Waals surface area contributed by atoms with E-state index in [1.54, 1.807) is 11.0 Å². The standard InChI is InChI=1S/C19H18N2O4/c22-17-16-15(18(23)24)14-5-7-19(16,25-14)10-21(17)8-6-11-9-20-13-4-2-1-3-12(11)13/h1-5,7,9,14-16,20H,6,8,10H2,(H,23,24)/t14-,15?,16?,19-/m1/s1. The second-order valence-electron chi connectivity index (χ2n) is 7.11. The summed E-state index contributed by atoms with van der Waals surface area (Å²) in [6.07, 6.45) is 5.93. The van der Waals surface area contributed by atoms with Crippen molar-refractivity contribution in [2.75, 3.05) is 13.1 Å². The van der Waals surface area contributed by atoms with Crippen molar-refractivity contribution >= 4 is 22.8 Å². The highest BCUT2D eigenvalue weighted by molar-refractivity contribution is 5.91. The number of aromatic nitrogens is 1. The van der Waals surface area contributed by atoms with E-state index in [-0.39, 0.29) is 5.91 Å². The van der Waals surface area contributed by atoms with E-state index in [1.165, 1.54) is 0 Å². The third-order valence-electron chi connectivity index (χ3n) is 5.79. The third-order valence-corrected chi connectivity index (χ3v) is 5.79. The van der Waals surface area contributed by atoms with Gasteiger partial charge in [-0.2, -0.15) is 0 Å². The van der Waals surface area contributed by atoms with E-state index >= 15 is 0 Å². The maximum Gasteiger partial charge on any atom is 0.310 e. The molecule has 2 N–H and O–H groups in total. The highest BCUT2D eigenvalue weighted by atomic mass is 16.5. The Morgan fingerprint density at radius 3 is 3.08 bits per heavy atom. The molecule has 4 heterocycles. The average molecular weight is 338 g/mol. The first-order valence-corrected chi connectivity index (χ1v) is 8.53. The van der Waals surface area contributed by atoms with Crippen molar-refractivity contribution in [3.05, 3.63) is 48.2 Å². The van der Waals surface area contributed by atoms with Gasteiger partial charge in [-0.3, -0.25) is 9.59 Å². The Labute approximate surface area is 144 Å². The second kappa shape index (κ2) is 4.95. The normalized spacial score (nSPS) is 32.7. The van der Waals surface area contributed by atoms with Gasteiger partial charge in [0.25, 0.3) is 0 Å². The second-order valence-corrected chi connectivity index (χ2v) is 7.11. The van der Waals surface area contributed by atoms with Crippen molar-refractivity contribution in [3.63, 3.8) is 0 Å². The van der Waals surface area contributed by atoms with Crippen LogP contribution in [0.25, 0.3) is 10.9 Å². The minimum atomic E-state index is -0.951. The summed E-state index contributed by atoms with van der Waals surface area (Å²) in [5, 5.41) is 10.7. The summed E-state index contributed by atoms with van der Waals surface area (Å²) in [5.74, 6) is -2.41. The summed E-state index contributed by atoms with van der Waals surface area (Å²) in [6, 6.07) is 8.07. The number of fused-ring (bicyclic) bond motifs is 2. The van der Waals surface area contributed by atoms with E-state index < -0.39 is 29.5 Å². The number of hydrogen-bond acceptors (Lipinski definition) is 3. The van der Waals surface area contributed by atoms with Gasteiger partial charge in [0.2, 0.25) is 5.91 Å². The minimum Gasteiger partial charge on any atom is -0.481 e. The van der Waals surface area contributed by atoms with E-state index in [0.29, 0.717) is 13.1 Å². The topological polar surface area (TPSA) is 82.6 Å². The Morgan fingerprint density at radius 2 is 2.24 bits per heavy atom. The van der Waals surface area contributed by atoms with Crippen LogP contribution in [0.4, 0.5) is 0 Å². The maximum absolute atomic E-state index is 12.9. The van der Waals surface area contributed by atoms with Crippen molar-refractivity contribution in [1.29, 1.82) is 0 Å². The van der Waals surface area contributed by atoms with Gasteiger partial charge < -0.3 is 19.7 Å². The number of H-pyrrole nitrogens is 1. The molecule has 25 heavy (non-hydrogen) atoms. The number of carboxylic acid groups (broad SMARTS) is 1. The molecule has 3 aliphatic rings. The first kappa shape index (κ1) is 14.7. The van der Waals surface area contributed by atoms with Gasteiger partial charge in [0.05, 0.1) is 18.6 Å². The molecule has 2 unspecified atom stereocenters. The number of likely N-dealkylation sites (tertiary alicyclic amines) is 1. The van der Waals surface area contributed by atoms with Crippen LogP contribution in [0.1, 0.15) is 5.56 Å². The van der Waals surface area contributed by atoms with Gasteiger partial charge in [0.15, 0.2) is 0 Å². The Hall–Kier alpha value is -2.60.